The minimum Gasteiger partial charge on any atom is -0.345 e. The summed E-state index contributed by atoms with van der Waals surface area (Å²) in [5.74, 6) is 0.198. The van der Waals surface area contributed by atoms with Gasteiger partial charge in [0.2, 0.25) is 5.91 Å². The van der Waals surface area contributed by atoms with Crippen molar-refractivity contribution in [3.05, 3.63) is 21.9 Å². The third-order valence-corrected chi connectivity index (χ3v) is 5.10. The van der Waals surface area contributed by atoms with Gasteiger partial charge in [-0.15, -0.1) is 11.3 Å². The molecule has 2 atom stereocenters. The zero-order valence-corrected chi connectivity index (χ0v) is 13.4. The number of likely N-dealkylation sites (N-methyl/N-ethyl adjacent to an activating group) is 1. The van der Waals surface area contributed by atoms with E-state index in [0.717, 1.165) is 25.9 Å². The lowest BCUT2D eigenvalue weighted by Gasteiger charge is -2.33. The number of hydrogen-bond donors (Lipinski definition) is 1. The number of carbonyl (C=O) groups excluding carboxylic acids is 1. The lowest BCUT2D eigenvalue weighted by molar-refractivity contribution is -0.130. The van der Waals surface area contributed by atoms with Crippen LogP contribution in [0.25, 0.3) is 0 Å². The molecule has 0 aliphatic carbocycles. The van der Waals surface area contributed by atoms with Gasteiger partial charge in [-0.2, -0.15) is 0 Å². The van der Waals surface area contributed by atoms with E-state index in [2.05, 4.69) is 30.9 Å². The minimum absolute atomic E-state index is 0.0734. The Kier molecular flexibility index (Phi) is 5.18. The van der Waals surface area contributed by atoms with Gasteiger partial charge in [0.25, 0.3) is 0 Å². The van der Waals surface area contributed by atoms with E-state index in [4.69, 9.17) is 5.73 Å². The lowest BCUT2D eigenvalue weighted by Crippen LogP contribution is -2.43. The highest BCUT2D eigenvalue weighted by Crippen LogP contribution is 2.31. The van der Waals surface area contributed by atoms with Crippen LogP contribution in [0.2, 0.25) is 0 Å². The first kappa shape index (κ1) is 15.5. The van der Waals surface area contributed by atoms with E-state index in [1.54, 1.807) is 11.3 Å². The number of aryl methyl sites for hydroxylation is 1. The fraction of sp³-hybridized carbons (Fsp3) is 0.667. The van der Waals surface area contributed by atoms with Crippen LogP contribution in [-0.2, 0) is 4.79 Å². The molecule has 1 fully saturated rings. The molecular formula is C15H25N3OS. The average Bonchev–Trinajstić information content (AvgIpc) is 2.76. The van der Waals surface area contributed by atoms with Crippen molar-refractivity contribution < 1.29 is 4.79 Å². The summed E-state index contributed by atoms with van der Waals surface area (Å²) in [5, 5.41) is 0. The van der Waals surface area contributed by atoms with Gasteiger partial charge in [-0.3, -0.25) is 9.69 Å². The van der Waals surface area contributed by atoms with Crippen molar-refractivity contribution in [3.8, 4) is 0 Å². The van der Waals surface area contributed by atoms with Gasteiger partial charge in [0.15, 0.2) is 0 Å². The molecule has 0 aromatic carbocycles. The Bertz CT molecular complexity index is 460. The first-order valence-electron chi connectivity index (χ1n) is 7.33. The number of hydrogen-bond acceptors (Lipinski definition) is 4. The third-order valence-electron chi connectivity index (χ3n) is 4.03. The zero-order chi connectivity index (χ0) is 14.7. The quantitative estimate of drug-likeness (QED) is 0.924. The van der Waals surface area contributed by atoms with Gasteiger partial charge in [-0.25, -0.2) is 0 Å². The highest BCUT2D eigenvalue weighted by molar-refractivity contribution is 7.12. The van der Waals surface area contributed by atoms with Crippen LogP contribution >= 0.6 is 11.3 Å². The van der Waals surface area contributed by atoms with Gasteiger partial charge in [-0.1, -0.05) is 6.92 Å². The Morgan fingerprint density at radius 3 is 2.75 bits per heavy atom. The number of nitrogens with zero attached hydrogens (tertiary/aromatic N) is 2. The van der Waals surface area contributed by atoms with Crippen LogP contribution in [0, 0.1) is 6.92 Å². The molecule has 0 spiro atoms. The molecule has 2 unspecified atom stereocenters. The van der Waals surface area contributed by atoms with Crippen molar-refractivity contribution in [1.82, 2.24) is 9.80 Å². The Hall–Kier alpha value is -0.910. The average molecular weight is 295 g/mol. The number of carbonyl (C=O) groups is 1. The van der Waals surface area contributed by atoms with Gasteiger partial charge in [0.1, 0.15) is 0 Å². The van der Waals surface area contributed by atoms with Crippen LogP contribution in [0.4, 0.5) is 0 Å². The van der Waals surface area contributed by atoms with Crippen molar-refractivity contribution in [3.63, 3.8) is 0 Å². The second kappa shape index (κ2) is 6.70. The molecule has 1 saturated heterocycles. The Balaban J connectivity index is 2.24. The molecular weight excluding hydrogens is 270 g/mol. The number of thiophene rings is 1. The molecule has 2 N–H and O–H groups in total. The van der Waals surface area contributed by atoms with Crippen LogP contribution in [0.3, 0.4) is 0 Å². The zero-order valence-electron chi connectivity index (χ0n) is 12.6. The maximum absolute atomic E-state index is 12.1. The summed E-state index contributed by atoms with van der Waals surface area (Å²) in [7, 11) is 1.88. The van der Waals surface area contributed by atoms with Crippen LogP contribution < -0.4 is 5.73 Å². The molecule has 2 heterocycles. The lowest BCUT2D eigenvalue weighted by atomic mass is 10.0. The van der Waals surface area contributed by atoms with E-state index in [-0.39, 0.29) is 18.0 Å². The van der Waals surface area contributed by atoms with E-state index in [1.165, 1.54) is 9.75 Å². The second-order valence-electron chi connectivity index (χ2n) is 5.60. The first-order chi connectivity index (χ1) is 9.52. The highest BCUT2D eigenvalue weighted by atomic mass is 32.1. The van der Waals surface area contributed by atoms with Crippen molar-refractivity contribution in [2.75, 3.05) is 26.7 Å². The molecule has 1 amide bonds. The number of amides is 1. The topological polar surface area (TPSA) is 49.6 Å². The third kappa shape index (κ3) is 3.40. The Morgan fingerprint density at radius 1 is 1.40 bits per heavy atom. The summed E-state index contributed by atoms with van der Waals surface area (Å²) < 4.78 is 0. The van der Waals surface area contributed by atoms with E-state index in [1.807, 2.05) is 11.9 Å². The van der Waals surface area contributed by atoms with Crippen molar-refractivity contribution in [2.45, 2.75) is 38.8 Å². The predicted octanol–water partition coefficient (Wildman–Crippen LogP) is 2.00. The smallest absolute Gasteiger partial charge is 0.236 e. The SMILES string of the molecule is CCC(N)C(c1ccc(C)s1)N1CCCN(C)C(=O)C1. The van der Waals surface area contributed by atoms with E-state index in [9.17, 15) is 4.79 Å². The Labute approximate surface area is 125 Å². The van der Waals surface area contributed by atoms with Crippen LogP contribution in [0.15, 0.2) is 12.1 Å². The molecule has 1 aromatic heterocycles. The van der Waals surface area contributed by atoms with E-state index < -0.39 is 0 Å². The largest absolute Gasteiger partial charge is 0.345 e. The van der Waals surface area contributed by atoms with Gasteiger partial charge < -0.3 is 10.6 Å². The summed E-state index contributed by atoms with van der Waals surface area (Å²) in [6, 6.07) is 4.54. The summed E-state index contributed by atoms with van der Waals surface area (Å²) in [4.78, 5) is 18.8. The maximum atomic E-state index is 12.1. The number of nitrogens with two attached hydrogens (primary N) is 1. The molecule has 0 saturated carbocycles. The van der Waals surface area contributed by atoms with Crippen molar-refractivity contribution in [2.24, 2.45) is 5.73 Å². The van der Waals surface area contributed by atoms with Crippen LogP contribution in [0.5, 0.6) is 0 Å². The minimum atomic E-state index is 0.0734. The maximum Gasteiger partial charge on any atom is 0.236 e. The van der Waals surface area contributed by atoms with Crippen LogP contribution in [-0.4, -0.2) is 48.4 Å². The molecule has 2 rings (SSSR count). The van der Waals surface area contributed by atoms with Crippen molar-refractivity contribution >= 4 is 17.2 Å². The molecule has 0 radical (unpaired) electrons. The standard InChI is InChI=1S/C15H25N3OS/c1-4-12(16)15(13-7-6-11(2)20-13)18-9-5-8-17(3)14(19)10-18/h6-7,12,15H,4-5,8-10,16H2,1-3H3. The van der Waals surface area contributed by atoms with Gasteiger partial charge in [-0.05, 0) is 31.9 Å². The fourth-order valence-corrected chi connectivity index (χ4v) is 3.83. The molecule has 112 valence electrons. The molecule has 1 aliphatic rings. The predicted molar refractivity (Wildman–Crippen MR) is 83.9 cm³/mol. The van der Waals surface area contributed by atoms with E-state index in [0.29, 0.717) is 6.54 Å². The molecule has 20 heavy (non-hydrogen) atoms. The molecule has 4 nitrogen and oxygen atoms in total. The van der Waals surface area contributed by atoms with Gasteiger partial charge in [0.05, 0.1) is 12.6 Å². The monoisotopic (exact) mass is 295 g/mol. The molecule has 5 heteroatoms. The van der Waals surface area contributed by atoms with Crippen molar-refractivity contribution in [1.29, 1.82) is 0 Å². The highest BCUT2D eigenvalue weighted by Gasteiger charge is 2.30. The fourth-order valence-electron chi connectivity index (χ4n) is 2.74. The summed E-state index contributed by atoms with van der Waals surface area (Å²) in [6.45, 7) is 6.48. The second-order valence-corrected chi connectivity index (χ2v) is 6.92. The van der Waals surface area contributed by atoms with Crippen LogP contribution in [0.1, 0.15) is 35.6 Å². The molecule has 0 bridgehead atoms. The number of rotatable bonds is 4. The summed E-state index contributed by atoms with van der Waals surface area (Å²) in [5.41, 5.74) is 6.36. The molecule has 1 aliphatic heterocycles. The first-order valence-corrected chi connectivity index (χ1v) is 8.14. The van der Waals surface area contributed by atoms with E-state index >= 15 is 0 Å². The summed E-state index contributed by atoms with van der Waals surface area (Å²) >= 11 is 1.80. The van der Waals surface area contributed by atoms with Gasteiger partial charge in [0, 0.05) is 35.9 Å². The van der Waals surface area contributed by atoms with Gasteiger partial charge >= 0.3 is 0 Å². The molecule has 1 aromatic rings. The normalized spacial score (nSPS) is 20.8. The summed E-state index contributed by atoms with van der Waals surface area (Å²) in [6.07, 6.45) is 1.93. The Morgan fingerprint density at radius 2 is 2.15 bits per heavy atom.